The molecule has 3 nitrogen and oxygen atoms in total. The molecule has 1 aromatic carbocycles. The van der Waals surface area contributed by atoms with Gasteiger partial charge < -0.3 is 4.57 Å². The quantitative estimate of drug-likeness (QED) is 0.777. The molecule has 0 amide bonds. The molecule has 0 N–H and O–H groups in total. The summed E-state index contributed by atoms with van der Waals surface area (Å²) in [5, 5.41) is 0. The van der Waals surface area contributed by atoms with Crippen molar-refractivity contribution in [1.82, 2.24) is 9.55 Å². The van der Waals surface area contributed by atoms with Crippen LogP contribution in [0.4, 0.5) is 4.39 Å². The zero-order chi connectivity index (χ0) is 13.1. The minimum atomic E-state index is -0.393. The maximum Gasteiger partial charge on any atom is 0.182 e. The first-order valence-electron chi connectivity index (χ1n) is 5.87. The van der Waals surface area contributed by atoms with E-state index in [4.69, 9.17) is 0 Å². The van der Waals surface area contributed by atoms with Crippen molar-refractivity contribution in [1.29, 1.82) is 0 Å². The van der Waals surface area contributed by atoms with Gasteiger partial charge in [0.2, 0.25) is 0 Å². The summed E-state index contributed by atoms with van der Waals surface area (Å²) in [5.74, 6) is 0.602. The summed E-state index contributed by atoms with van der Waals surface area (Å²) in [4.78, 5) is 16.2. The lowest BCUT2D eigenvalue weighted by Gasteiger charge is -2.09. The van der Waals surface area contributed by atoms with Crippen molar-refractivity contribution in [3.63, 3.8) is 0 Å². The predicted molar refractivity (Wildman–Crippen MR) is 67.0 cm³/mol. The Labute approximate surface area is 105 Å². The molecule has 0 atom stereocenters. The maximum atomic E-state index is 13.0. The third-order valence-electron chi connectivity index (χ3n) is 2.72. The minimum Gasteiger partial charge on any atom is -0.327 e. The van der Waals surface area contributed by atoms with Crippen LogP contribution in [0.3, 0.4) is 0 Å². The summed E-state index contributed by atoms with van der Waals surface area (Å²) in [6.07, 6.45) is 3.45. The Kier molecular flexibility index (Phi) is 3.55. The highest BCUT2D eigenvalue weighted by Crippen LogP contribution is 2.13. The molecule has 0 aliphatic carbocycles. The largest absolute Gasteiger partial charge is 0.327 e. The number of carbonyl (C=O) groups is 1. The zero-order valence-corrected chi connectivity index (χ0v) is 10.4. The van der Waals surface area contributed by atoms with Crippen molar-refractivity contribution in [2.24, 2.45) is 0 Å². The summed E-state index contributed by atoms with van der Waals surface area (Å²) in [6, 6.07) is 5.75. The molecule has 2 aromatic rings. The SMILES string of the molecule is CC(C)c1nccn1CC(=O)c1cccc(F)c1. The van der Waals surface area contributed by atoms with Crippen LogP contribution >= 0.6 is 0 Å². The third-order valence-corrected chi connectivity index (χ3v) is 2.72. The molecule has 0 aliphatic rings. The van der Waals surface area contributed by atoms with Gasteiger partial charge in [0, 0.05) is 23.9 Å². The highest BCUT2D eigenvalue weighted by molar-refractivity contribution is 5.95. The van der Waals surface area contributed by atoms with Crippen LogP contribution < -0.4 is 0 Å². The Morgan fingerprint density at radius 2 is 2.22 bits per heavy atom. The molecule has 0 aliphatic heterocycles. The van der Waals surface area contributed by atoms with Crippen LogP contribution in [0.2, 0.25) is 0 Å². The third kappa shape index (κ3) is 2.64. The summed E-state index contributed by atoms with van der Waals surface area (Å²) >= 11 is 0. The Bertz CT molecular complexity index is 560. The number of nitrogens with zero attached hydrogens (tertiary/aromatic N) is 2. The van der Waals surface area contributed by atoms with Gasteiger partial charge in [0.25, 0.3) is 0 Å². The van der Waals surface area contributed by atoms with Gasteiger partial charge in [0.05, 0.1) is 6.54 Å². The molecule has 2 rings (SSSR count). The Hall–Kier alpha value is -1.97. The van der Waals surface area contributed by atoms with E-state index < -0.39 is 5.82 Å². The maximum absolute atomic E-state index is 13.0. The fraction of sp³-hybridized carbons (Fsp3) is 0.286. The van der Waals surface area contributed by atoms with E-state index in [1.807, 2.05) is 13.8 Å². The summed E-state index contributed by atoms with van der Waals surface area (Å²) in [7, 11) is 0. The van der Waals surface area contributed by atoms with E-state index in [-0.39, 0.29) is 18.2 Å². The first-order valence-corrected chi connectivity index (χ1v) is 5.87. The van der Waals surface area contributed by atoms with Crippen LogP contribution in [-0.4, -0.2) is 15.3 Å². The van der Waals surface area contributed by atoms with Crippen LogP contribution in [0, 0.1) is 5.82 Å². The van der Waals surface area contributed by atoms with Gasteiger partial charge in [-0.05, 0) is 12.1 Å². The molecule has 1 heterocycles. The second-order valence-corrected chi connectivity index (χ2v) is 4.50. The number of ketones is 1. The molecule has 18 heavy (non-hydrogen) atoms. The number of rotatable bonds is 4. The number of imidazole rings is 1. The van der Waals surface area contributed by atoms with Gasteiger partial charge in [-0.1, -0.05) is 26.0 Å². The Morgan fingerprint density at radius 1 is 1.44 bits per heavy atom. The molecule has 0 saturated carbocycles. The van der Waals surface area contributed by atoms with E-state index >= 15 is 0 Å². The van der Waals surface area contributed by atoms with Crippen molar-refractivity contribution in [2.45, 2.75) is 26.3 Å². The number of Topliss-reactive ketones (excluding diaryl/α,β-unsaturated/α-hetero) is 1. The summed E-state index contributed by atoms with van der Waals surface area (Å²) < 4.78 is 14.8. The normalized spacial score (nSPS) is 10.9. The van der Waals surface area contributed by atoms with Gasteiger partial charge in [-0.2, -0.15) is 0 Å². The summed E-state index contributed by atoms with van der Waals surface area (Å²) in [5.41, 5.74) is 0.387. The fourth-order valence-electron chi connectivity index (χ4n) is 1.86. The van der Waals surface area contributed by atoms with Crippen molar-refractivity contribution in [3.05, 3.63) is 53.9 Å². The van der Waals surface area contributed by atoms with Crippen LogP contribution in [0.5, 0.6) is 0 Å². The number of carbonyl (C=O) groups excluding carboxylic acids is 1. The average molecular weight is 246 g/mol. The fourth-order valence-corrected chi connectivity index (χ4v) is 1.86. The van der Waals surface area contributed by atoms with Crippen molar-refractivity contribution in [2.75, 3.05) is 0 Å². The lowest BCUT2D eigenvalue weighted by atomic mass is 10.1. The molecule has 0 radical (unpaired) electrons. The predicted octanol–water partition coefficient (Wildman–Crippen LogP) is 3.03. The van der Waals surface area contributed by atoms with Crippen LogP contribution in [0.15, 0.2) is 36.7 Å². The van der Waals surface area contributed by atoms with E-state index in [0.717, 1.165) is 5.82 Å². The van der Waals surface area contributed by atoms with Crippen molar-refractivity contribution >= 4 is 5.78 Å². The second-order valence-electron chi connectivity index (χ2n) is 4.50. The number of benzene rings is 1. The van der Waals surface area contributed by atoms with Gasteiger partial charge in [-0.3, -0.25) is 4.79 Å². The van der Waals surface area contributed by atoms with Gasteiger partial charge in [-0.25, -0.2) is 9.37 Å². The Morgan fingerprint density at radius 3 is 2.89 bits per heavy atom. The van der Waals surface area contributed by atoms with Crippen molar-refractivity contribution in [3.8, 4) is 0 Å². The van der Waals surface area contributed by atoms with Crippen LogP contribution in [0.1, 0.15) is 35.9 Å². The molecule has 0 bridgehead atoms. The number of hydrogen-bond acceptors (Lipinski definition) is 2. The highest BCUT2D eigenvalue weighted by Gasteiger charge is 2.12. The van der Waals surface area contributed by atoms with Gasteiger partial charge in [0.15, 0.2) is 5.78 Å². The van der Waals surface area contributed by atoms with Gasteiger partial charge in [-0.15, -0.1) is 0 Å². The number of aromatic nitrogens is 2. The molecule has 4 heteroatoms. The first-order chi connectivity index (χ1) is 8.58. The molecule has 0 unspecified atom stereocenters. The minimum absolute atomic E-state index is 0.116. The summed E-state index contributed by atoms with van der Waals surface area (Å²) in [6.45, 7) is 4.23. The average Bonchev–Trinajstić information content (AvgIpc) is 2.77. The number of hydrogen-bond donors (Lipinski definition) is 0. The zero-order valence-electron chi connectivity index (χ0n) is 10.4. The second kappa shape index (κ2) is 5.12. The molecule has 0 fully saturated rings. The Balaban J connectivity index is 2.19. The smallest absolute Gasteiger partial charge is 0.182 e. The molecule has 1 aromatic heterocycles. The van der Waals surface area contributed by atoms with Gasteiger partial charge >= 0.3 is 0 Å². The van der Waals surface area contributed by atoms with E-state index in [0.29, 0.717) is 5.56 Å². The monoisotopic (exact) mass is 246 g/mol. The molecule has 94 valence electrons. The standard InChI is InChI=1S/C14H15FN2O/c1-10(2)14-16-6-7-17(14)9-13(18)11-4-3-5-12(15)8-11/h3-8,10H,9H2,1-2H3. The lowest BCUT2D eigenvalue weighted by molar-refractivity contribution is 0.0970. The molecule has 0 spiro atoms. The van der Waals surface area contributed by atoms with E-state index in [9.17, 15) is 9.18 Å². The van der Waals surface area contributed by atoms with E-state index in [2.05, 4.69) is 4.98 Å². The molecular formula is C14H15FN2O. The van der Waals surface area contributed by atoms with E-state index in [1.54, 1.807) is 29.1 Å². The van der Waals surface area contributed by atoms with Crippen LogP contribution in [-0.2, 0) is 6.54 Å². The number of halogens is 1. The molecular weight excluding hydrogens is 231 g/mol. The van der Waals surface area contributed by atoms with E-state index in [1.165, 1.54) is 12.1 Å². The lowest BCUT2D eigenvalue weighted by Crippen LogP contribution is -2.13. The van der Waals surface area contributed by atoms with Gasteiger partial charge in [0.1, 0.15) is 11.6 Å². The first kappa shape index (κ1) is 12.5. The molecule has 0 saturated heterocycles. The highest BCUT2D eigenvalue weighted by atomic mass is 19.1. The topological polar surface area (TPSA) is 34.9 Å². The van der Waals surface area contributed by atoms with Crippen molar-refractivity contribution < 1.29 is 9.18 Å². The van der Waals surface area contributed by atoms with Crippen LogP contribution in [0.25, 0.3) is 0 Å².